The summed E-state index contributed by atoms with van der Waals surface area (Å²) >= 11 is 1.80. The Labute approximate surface area is 292 Å². The van der Waals surface area contributed by atoms with Crippen LogP contribution in [0.15, 0.2) is 162 Å². The summed E-state index contributed by atoms with van der Waals surface area (Å²) in [5, 5.41) is 7.80. The van der Waals surface area contributed by atoms with Crippen molar-refractivity contribution in [3.63, 3.8) is 0 Å². The second-order valence-corrected chi connectivity index (χ2v) is 14.5. The van der Waals surface area contributed by atoms with Crippen LogP contribution in [0.2, 0.25) is 0 Å². The SMILES string of the molecule is C=Nc1ccccc1SCc1ccc(-c2c3ccccc3c(-c3ccc4c5c(cccc35)C(C)(C)c3ccccc3-4)c3ccccc23)cc1. The highest BCUT2D eigenvalue weighted by Crippen LogP contribution is 2.52. The van der Waals surface area contributed by atoms with E-state index in [2.05, 4.69) is 165 Å². The van der Waals surface area contributed by atoms with Crippen LogP contribution < -0.4 is 0 Å². The van der Waals surface area contributed by atoms with Crippen molar-refractivity contribution in [2.75, 3.05) is 0 Å². The van der Waals surface area contributed by atoms with Crippen LogP contribution in [0.5, 0.6) is 0 Å². The monoisotopic (exact) mass is 645 g/mol. The summed E-state index contributed by atoms with van der Waals surface area (Å²) in [5.41, 5.74) is 12.7. The molecule has 0 saturated heterocycles. The first-order valence-corrected chi connectivity index (χ1v) is 17.9. The number of rotatable bonds is 6. The first-order valence-electron chi connectivity index (χ1n) is 16.9. The van der Waals surface area contributed by atoms with Crippen molar-refractivity contribution >= 4 is 56.5 Å². The molecule has 1 aliphatic carbocycles. The largest absolute Gasteiger partial charge is 0.263 e. The van der Waals surface area contributed by atoms with Crippen LogP contribution in [0.25, 0.3) is 65.7 Å². The Morgan fingerprint density at radius 3 is 1.80 bits per heavy atom. The van der Waals surface area contributed by atoms with E-state index in [1.54, 1.807) is 11.8 Å². The number of benzene rings is 8. The predicted molar refractivity (Wildman–Crippen MR) is 213 cm³/mol. The first-order chi connectivity index (χ1) is 24.0. The average molecular weight is 646 g/mol. The lowest BCUT2D eigenvalue weighted by molar-refractivity contribution is 0.645. The minimum Gasteiger partial charge on any atom is -0.263 e. The smallest absolute Gasteiger partial charge is 0.0758 e. The molecule has 0 saturated carbocycles. The van der Waals surface area contributed by atoms with Crippen molar-refractivity contribution < 1.29 is 0 Å². The molecule has 0 spiro atoms. The van der Waals surface area contributed by atoms with E-state index < -0.39 is 0 Å². The lowest BCUT2D eigenvalue weighted by atomic mass is 9.68. The molecule has 0 bridgehead atoms. The lowest BCUT2D eigenvalue weighted by Gasteiger charge is -2.35. The third-order valence-electron chi connectivity index (χ3n) is 10.5. The molecule has 1 aliphatic rings. The topological polar surface area (TPSA) is 12.4 Å². The van der Waals surface area contributed by atoms with E-state index in [1.165, 1.54) is 82.4 Å². The number of hydrogen-bond acceptors (Lipinski definition) is 2. The standard InChI is InChI=1S/C47H35NS/c1-47(2)40-19-9-8-13-32(40)38-27-28-39(37-18-12-20-41(47)46(37)38)45-35-16-6-4-14-33(35)44(34-15-5-7-17-36(34)45)31-25-23-30(24-26-31)29-49-43-22-11-10-21-42(43)48-3/h4-28H,3,29H2,1-2H3. The molecule has 0 atom stereocenters. The second-order valence-electron chi connectivity index (χ2n) is 13.5. The fourth-order valence-electron chi connectivity index (χ4n) is 8.15. The molecule has 8 aromatic carbocycles. The highest BCUT2D eigenvalue weighted by molar-refractivity contribution is 7.98. The Morgan fingerprint density at radius 1 is 0.510 bits per heavy atom. The summed E-state index contributed by atoms with van der Waals surface area (Å²) in [7, 11) is 0. The summed E-state index contributed by atoms with van der Waals surface area (Å²) in [5.74, 6) is 0.875. The number of aliphatic imine (C=N–C) groups is 1. The van der Waals surface area contributed by atoms with Crippen LogP contribution in [0.3, 0.4) is 0 Å². The minimum absolute atomic E-state index is 0.0910. The van der Waals surface area contributed by atoms with Crippen LogP contribution in [-0.4, -0.2) is 6.72 Å². The maximum Gasteiger partial charge on any atom is 0.0758 e. The van der Waals surface area contributed by atoms with Crippen molar-refractivity contribution in [1.29, 1.82) is 0 Å². The second kappa shape index (κ2) is 11.6. The van der Waals surface area contributed by atoms with Crippen molar-refractivity contribution in [1.82, 2.24) is 0 Å². The van der Waals surface area contributed by atoms with Crippen molar-refractivity contribution in [2.45, 2.75) is 29.9 Å². The van der Waals surface area contributed by atoms with E-state index in [-0.39, 0.29) is 5.41 Å². The maximum absolute atomic E-state index is 4.20. The fourth-order valence-corrected chi connectivity index (χ4v) is 9.12. The molecular formula is C47H35NS. The van der Waals surface area contributed by atoms with Gasteiger partial charge in [0.05, 0.1) is 5.69 Å². The molecule has 0 amide bonds. The molecule has 2 heteroatoms. The summed E-state index contributed by atoms with van der Waals surface area (Å²) < 4.78 is 0. The molecule has 0 N–H and O–H groups in total. The van der Waals surface area contributed by atoms with Crippen LogP contribution in [0.4, 0.5) is 5.69 Å². The summed E-state index contributed by atoms with van der Waals surface area (Å²) in [6.45, 7) is 8.49. The molecule has 0 aromatic heterocycles. The van der Waals surface area contributed by atoms with Crippen molar-refractivity contribution in [3.8, 4) is 33.4 Å². The number of nitrogens with zero attached hydrogens (tertiary/aromatic N) is 1. The lowest BCUT2D eigenvalue weighted by Crippen LogP contribution is -2.23. The van der Waals surface area contributed by atoms with Gasteiger partial charge in [-0.25, -0.2) is 0 Å². The summed E-state index contributed by atoms with van der Waals surface area (Å²) in [4.78, 5) is 5.35. The molecule has 9 rings (SSSR count). The van der Waals surface area contributed by atoms with E-state index in [0.29, 0.717) is 0 Å². The Hall–Kier alpha value is -5.44. The third-order valence-corrected chi connectivity index (χ3v) is 11.6. The Morgan fingerprint density at radius 2 is 1.08 bits per heavy atom. The molecule has 8 aromatic rings. The van der Waals surface area contributed by atoms with Gasteiger partial charge in [0.1, 0.15) is 0 Å². The fraction of sp³-hybridized carbons (Fsp3) is 0.0851. The van der Waals surface area contributed by atoms with E-state index in [9.17, 15) is 0 Å². The van der Waals surface area contributed by atoms with Crippen LogP contribution in [0, 0.1) is 0 Å². The van der Waals surface area contributed by atoms with Gasteiger partial charge in [-0.1, -0.05) is 153 Å². The van der Waals surface area contributed by atoms with Crippen LogP contribution >= 0.6 is 11.8 Å². The Balaban J connectivity index is 1.23. The van der Waals surface area contributed by atoms with Gasteiger partial charge in [-0.15, -0.1) is 11.8 Å². The van der Waals surface area contributed by atoms with Crippen molar-refractivity contribution in [2.24, 2.45) is 4.99 Å². The molecule has 0 aliphatic heterocycles. The maximum atomic E-state index is 4.20. The number of hydrogen-bond donors (Lipinski definition) is 0. The number of para-hydroxylation sites is 1. The van der Waals surface area contributed by atoms with Gasteiger partial charge in [0.15, 0.2) is 0 Å². The molecule has 1 nitrogen and oxygen atoms in total. The quantitative estimate of drug-likeness (QED) is 0.0996. The zero-order chi connectivity index (χ0) is 33.1. The van der Waals surface area contributed by atoms with Crippen molar-refractivity contribution in [3.05, 3.63) is 168 Å². The molecular weight excluding hydrogens is 611 g/mol. The molecule has 0 unspecified atom stereocenters. The van der Waals surface area contributed by atoms with Crippen LogP contribution in [-0.2, 0) is 11.2 Å². The zero-order valence-corrected chi connectivity index (χ0v) is 28.5. The zero-order valence-electron chi connectivity index (χ0n) is 27.7. The Kier molecular flexibility index (Phi) is 7.03. The van der Waals surface area contributed by atoms with Gasteiger partial charge in [-0.05, 0) is 101 Å². The van der Waals surface area contributed by atoms with Gasteiger partial charge >= 0.3 is 0 Å². The predicted octanol–water partition coefficient (Wildman–Crippen LogP) is 13.4. The molecule has 49 heavy (non-hydrogen) atoms. The highest BCUT2D eigenvalue weighted by atomic mass is 32.2. The highest BCUT2D eigenvalue weighted by Gasteiger charge is 2.33. The summed E-state index contributed by atoms with van der Waals surface area (Å²) in [6, 6.07) is 55.9. The van der Waals surface area contributed by atoms with Crippen LogP contribution in [0.1, 0.15) is 30.5 Å². The van der Waals surface area contributed by atoms with E-state index in [4.69, 9.17) is 0 Å². The van der Waals surface area contributed by atoms with Gasteiger partial charge in [0.2, 0.25) is 0 Å². The van der Waals surface area contributed by atoms with Gasteiger partial charge in [0.25, 0.3) is 0 Å². The number of thioether (sulfide) groups is 1. The van der Waals surface area contributed by atoms with Gasteiger partial charge in [-0.2, -0.15) is 0 Å². The van der Waals surface area contributed by atoms with E-state index in [1.807, 2.05) is 12.1 Å². The van der Waals surface area contributed by atoms with E-state index in [0.717, 1.165) is 16.3 Å². The Bertz CT molecular complexity index is 2540. The molecule has 234 valence electrons. The summed E-state index contributed by atoms with van der Waals surface area (Å²) in [6.07, 6.45) is 0. The van der Waals surface area contributed by atoms with Gasteiger partial charge in [0, 0.05) is 16.1 Å². The van der Waals surface area contributed by atoms with E-state index >= 15 is 0 Å². The third kappa shape index (κ3) is 4.66. The normalized spacial score (nSPS) is 13.1. The number of fused-ring (bicyclic) bond motifs is 4. The minimum atomic E-state index is -0.0910. The first kappa shape index (κ1) is 29.7. The average Bonchev–Trinajstić information content (AvgIpc) is 3.15. The molecule has 0 radical (unpaired) electrons. The molecule has 0 heterocycles. The molecule has 0 fully saturated rings. The van der Waals surface area contributed by atoms with Gasteiger partial charge in [-0.3, -0.25) is 4.99 Å². The van der Waals surface area contributed by atoms with Gasteiger partial charge < -0.3 is 0 Å².